The van der Waals surface area contributed by atoms with E-state index in [1.165, 1.54) is 18.2 Å². The lowest BCUT2D eigenvalue weighted by atomic mass is 10.00. The van der Waals surface area contributed by atoms with Gasteiger partial charge in [-0.1, -0.05) is 19.4 Å². The van der Waals surface area contributed by atoms with Gasteiger partial charge in [-0.25, -0.2) is 9.59 Å². The van der Waals surface area contributed by atoms with Crippen molar-refractivity contribution in [1.29, 1.82) is 0 Å². The fourth-order valence-electron chi connectivity index (χ4n) is 2.06. The number of aliphatic imine (C=N–C) groups is 1. The summed E-state index contributed by atoms with van der Waals surface area (Å²) >= 11 is 0. The molecule has 7 heteroatoms. The second kappa shape index (κ2) is 7.65. The lowest BCUT2D eigenvalue weighted by Crippen LogP contribution is -2.24. The molecule has 1 atom stereocenters. The summed E-state index contributed by atoms with van der Waals surface area (Å²) in [5.74, 6) is -0.762. The van der Waals surface area contributed by atoms with Gasteiger partial charge in [0.2, 0.25) is 6.08 Å². The highest BCUT2D eigenvalue weighted by Crippen LogP contribution is 2.29. The van der Waals surface area contributed by atoms with E-state index in [-0.39, 0.29) is 11.3 Å². The summed E-state index contributed by atoms with van der Waals surface area (Å²) in [6, 6.07) is 3.64. The minimum atomic E-state index is -0.762. The smallest absolute Gasteiger partial charge is 0.345 e. The maximum absolute atomic E-state index is 12.1. The van der Waals surface area contributed by atoms with Crippen molar-refractivity contribution in [2.45, 2.75) is 52.2 Å². The molecule has 1 aromatic rings. The molecular formula is C16H20N2O5. The Morgan fingerprint density at radius 3 is 2.57 bits per heavy atom. The molecule has 7 nitrogen and oxygen atoms in total. The predicted molar refractivity (Wildman–Crippen MR) is 84.0 cm³/mol. The van der Waals surface area contributed by atoms with E-state index in [0.29, 0.717) is 12.0 Å². The molecule has 0 aromatic heterocycles. The van der Waals surface area contributed by atoms with Gasteiger partial charge >= 0.3 is 5.97 Å². The first kappa shape index (κ1) is 18.5. The largest absolute Gasteiger partial charge is 0.456 e. The standard InChI is InChI=1S/C16H20N2O5/c1-5-6-13(17-10-19)11-7-8-12(14(9-11)18(21)22)15(20)23-16(2,3)4/h7-9,13H,5-6H2,1-4H3. The summed E-state index contributed by atoms with van der Waals surface area (Å²) in [4.78, 5) is 36.9. The first-order valence-corrected chi connectivity index (χ1v) is 7.28. The zero-order valence-electron chi connectivity index (χ0n) is 13.7. The average molecular weight is 320 g/mol. The highest BCUT2D eigenvalue weighted by molar-refractivity contribution is 5.94. The Bertz CT molecular complexity index is 642. The van der Waals surface area contributed by atoms with E-state index < -0.39 is 22.5 Å². The van der Waals surface area contributed by atoms with Gasteiger partial charge in [-0.05, 0) is 38.8 Å². The van der Waals surface area contributed by atoms with Gasteiger partial charge in [0.15, 0.2) is 0 Å². The van der Waals surface area contributed by atoms with Crippen molar-refractivity contribution in [2.24, 2.45) is 4.99 Å². The summed E-state index contributed by atoms with van der Waals surface area (Å²) in [5, 5.41) is 11.3. The molecule has 0 aliphatic heterocycles. The van der Waals surface area contributed by atoms with Gasteiger partial charge in [0.05, 0.1) is 11.0 Å². The molecule has 0 N–H and O–H groups in total. The molecule has 23 heavy (non-hydrogen) atoms. The highest BCUT2D eigenvalue weighted by Gasteiger charge is 2.27. The third-order valence-electron chi connectivity index (χ3n) is 2.99. The van der Waals surface area contributed by atoms with Crippen LogP contribution in [0.2, 0.25) is 0 Å². The molecule has 0 saturated carbocycles. The minimum absolute atomic E-state index is 0.126. The monoisotopic (exact) mass is 320 g/mol. The lowest BCUT2D eigenvalue weighted by Gasteiger charge is -2.19. The number of benzene rings is 1. The van der Waals surface area contributed by atoms with Crippen LogP contribution in [-0.4, -0.2) is 22.6 Å². The summed E-state index contributed by atoms with van der Waals surface area (Å²) < 4.78 is 5.18. The Kier molecular flexibility index (Phi) is 6.16. The van der Waals surface area contributed by atoms with Gasteiger partial charge < -0.3 is 4.74 Å². The van der Waals surface area contributed by atoms with E-state index in [9.17, 15) is 19.7 Å². The van der Waals surface area contributed by atoms with Crippen molar-refractivity contribution in [3.63, 3.8) is 0 Å². The lowest BCUT2D eigenvalue weighted by molar-refractivity contribution is -0.385. The fourth-order valence-corrected chi connectivity index (χ4v) is 2.06. The van der Waals surface area contributed by atoms with Crippen LogP contribution in [0.1, 0.15) is 62.5 Å². The third-order valence-corrected chi connectivity index (χ3v) is 2.99. The van der Waals surface area contributed by atoms with E-state index in [1.807, 2.05) is 6.92 Å². The topological polar surface area (TPSA) is 98.9 Å². The Hall–Kier alpha value is -2.53. The van der Waals surface area contributed by atoms with Gasteiger partial charge in [0.1, 0.15) is 11.2 Å². The number of carbonyl (C=O) groups excluding carboxylic acids is 2. The zero-order chi connectivity index (χ0) is 17.6. The average Bonchev–Trinajstić information content (AvgIpc) is 2.44. The van der Waals surface area contributed by atoms with Crippen LogP contribution in [0.3, 0.4) is 0 Å². The Balaban J connectivity index is 3.28. The van der Waals surface area contributed by atoms with Gasteiger partial charge in [-0.3, -0.25) is 10.1 Å². The number of carbonyl (C=O) groups is 1. The molecule has 0 aliphatic rings. The minimum Gasteiger partial charge on any atom is -0.456 e. The molecule has 0 fully saturated rings. The highest BCUT2D eigenvalue weighted by atomic mass is 16.6. The Morgan fingerprint density at radius 1 is 1.43 bits per heavy atom. The summed E-state index contributed by atoms with van der Waals surface area (Å²) in [5.41, 5.74) is -0.747. The van der Waals surface area contributed by atoms with Crippen LogP contribution < -0.4 is 0 Å². The van der Waals surface area contributed by atoms with Crippen molar-refractivity contribution in [1.82, 2.24) is 0 Å². The van der Waals surface area contributed by atoms with Crippen molar-refractivity contribution in [2.75, 3.05) is 0 Å². The summed E-state index contributed by atoms with van der Waals surface area (Å²) in [7, 11) is 0. The fraction of sp³-hybridized carbons (Fsp3) is 0.500. The van der Waals surface area contributed by atoms with Gasteiger partial charge in [0.25, 0.3) is 5.69 Å². The number of rotatable bonds is 6. The number of nitro benzene ring substituents is 1. The van der Waals surface area contributed by atoms with E-state index in [2.05, 4.69) is 4.99 Å². The number of hydrogen-bond donors (Lipinski definition) is 0. The molecule has 0 heterocycles. The number of isocyanates is 1. The van der Waals surface area contributed by atoms with Crippen LogP contribution in [0.25, 0.3) is 0 Å². The molecule has 0 radical (unpaired) electrons. The zero-order valence-corrected chi connectivity index (χ0v) is 13.7. The second-order valence-corrected chi connectivity index (χ2v) is 6.06. The normalized spacial score (nSPS) is 12.2. The molecule has 0 bridgehead atoms. The number of ether oxygens (including phenoxy) is 1. The Morgan fingerprint density at radius 2 is 2.09 bits per heavy atom. The van der Waals surface area contributed by atoms with Crippen LogP contribution in [0.5, 0.6) is 0 Å². The molecule has 0 aliphatic carbocycles. The summed E-state index contributed by atoms with van der Waals surface area (Å²) in [6.45, 7) is 6.96. The first-order valence-electron chi connectivity index (χ1n) is 7.28. The van der Waals surface area contributed by atoms with Crippen LogP contribution in [0, 0.1) is 10.1 Å². The first-order chi connectivity index (χ1) is 10.7. The van der Waals surface area contributed by atoms with Crippen LogP contribution >= 0.6 is 0 Å². The molecule has 1 rings (SSSR count). The molecule has 0 spiro atoms. The number of hydrogen-bond acceptors (Lipinski definition) is 6. The SMILES string of the molecule is CCCC(N=C=O)c1ccc(C(=O)OC(C)(C)C)c([N+](=O)[O-])c1. The molecule has 124 valence electrons. The van der Waals surface area contributed by atoms with Crippen LogP contribution in [0.15, 0.2) is 23.2 Å². The maximum atomic E-state index is 12.1. The van der Waals surface area contributed by atoms with E-state index in [0.717, 1.165) is 6.42 Å². The van der Waals surface area contributed by atoms with Crippen LogP contribution in [-0.2, 0) is 9.53 Å². The van der Waals surface area contributed by atoms with Crippen LogP contribution in [0.4, 0.5) is 5.69 Å². The predicted octanol–water partition coefficient (Wildman–Crippen LogP) is 3.73. The van der Waals surface area contributed by atoms with Gasteiger partial charge in [-0.15, -0.1) is 0 Å². The van der Waals surface area contributed by atoms with Crippen molar-refractivity contribution in [3.05, 3.63) is 39.4 Å². The van der Waals surface area contributed by atoms with Gasteiger partial charge in [0, 0.05) is 6.07 Å². The van der Waals surface area contributed by atoms with E-state index in [1.54, 1.807) is 26.8 Å². The van der Waals surface area contributed by atoms with Crippen molar-refractivity contribution in [3.8, 4) is 0 Å². The summed E-state index contributed by atoms with van der Waals surface area (Å²) in [6.07, 6.45) is 2.78. The molecular weight excluding hydrogens is 300 g/mol. The molecule has 0 amide bonds. The molecule has 1 aromatic carbocycles. The third kappa shape index (κ3) is 5.30. The number of esters is 1. The van der Waals surface area contributed by atoms with Crippen molar-refractivity contribution >= 4 is 17.7 Å². The maximum Gasteiger partial charge on any atom is 0.345 e. The van der Waals surface area contributed by atoms with E-state index in [4.69, 9.17) is 4.74 Å². The second-order valence-electron chi connectivity index (χ2n) is 6.06. The number of nitro groups is 1. The van der Waals surface area contributed by atoms with E-state index >= 15 is 0 Å². The van der Waals surface area contributed by atoms with Crippen molar-refractivity contribution < 1.29 is 19.2 Å². The molecule has 0 saturated heterocycles. The molecule has 1 unspecified atom stereocenters. The van der Waals surface area contributed by atoms with Gasteiger partial charge in [-0.2, -0.15) is 4.99 Å². The number of nitrogens with zero attached hydrogens (tertiary/aromatic N) is 2. The Labute approximate surface area is 134 Å². The quantitative estimate of drug-likeness (QED) is 0.261.